The summed E-state index contributed by atoms with van der Waals surface area (Å²) in [6.45, 7) is 4.03. The Morgan fingerprint density at radius 3 is 2.27 bits per heavy atom. The third-order valence-electron chi connectivity index (χ3n) is 4.22. The summed E-state index contributed by atoms with van der Waals surface area (Å²) in [5.41, 5.74) is 2.95. The molecule has 0 amide bonds. The first-order valence-corrected chi connectivity index (χ1v) is 9.32. The van der Waals surface area contributed by atoms with Crippen molar-refractivity contribution in [1.82, 2.24) is 9.55 Å². The van der Waals surface area contributed by atoms with Gasteiger partial charge < -0.3 is 4.57 Å². The number of nitrogens with zero attached hydrogens (tertiary/aromatic N) is 2. The maximum absolute atomic E-state index is 13.5. The number of hydrogen-bond donors (Lipinski definition) is 1. The summed E-state index contributed by atoms with van der Waals surface area (Å²) in [4.78, 5) is 4.53. The molecule has 5 nitrogen and oxygen atoms in total. The molecule has 8 heteroatoms. The van der Waals surface area contributed by atoms with E-state index in [-0.39, 0.29) is 4.90 Å². The van der Waals surface area contributed by atoms with Crippen LogP contribution in [-0.4, -0.2) is 18.0 Å². The number of aryl methyl sites for hydroxylation is 1. The highest BCUT2D eigenvalue weighted by atomic mass is 32.2. The van der Waals surface area contributed by atoms with Crippen molar-refractivity contribution in [2.45, 2.75) is 25.3 Å². The number of nitrogens with two attached hydrogens (primary N) is 1. The molecule has 3 aromatic rings. The van der Waals surface area contributed by atoms with E-state index >= 15 is 0 Å². The van der Waals surface area contributed by atoms with Gasteiger partial charge in [-0.3, -0.25) is 0 Å². The minimum Gasteiger partial charge on any atom is -0.324 e. The Hall–Kier alpha value is -2.58. The smallest absolute Gasteiger partial charge is 0.238 e. The highest BCUT2D eigenvalue weighted by Crippen LogP contribution is 2.25. The molecule has 136 valence electrons. The summed E-state index contributed by atoms with van der Waals surface area (Å²) in [5.74, 6) is -1.20. The number of hydrogen-bond acceptors (Lipinski definition) is 3. The van der Waals surface area contributed by atoms with E-state index in [9.17, 15) is 17.2 Å². The summed E-state index contributed by atoms with van der Waals surface area (Å²) in [6, 6.07) is 9.80. The second-order valence-corrected chi connectivity index (χ2v) is 7.57. The molecule has 0 bridgehead atoms. The van der Waals surface area contributed by atoms with Crippen molar-refractivity contribution in [2.75, 3.05) is 0 Å². The lowest BCUT2D eigenvalue weighted by Gasteiger charge is -2.11. The van der Waals surface area contributed by atoms with Crippen LogP contribution in [0.4, 0.5) is 8.78 Å². The average Bonchev–Trinajstić information content (AvgIpc) is 2.86. The van der Waals surface area contributed by atoms with Gasteiger partial charge in [0.1, 0.15) is 5.82 Å². The second kappa shape index (κ2) is 6.62. The van der Waals surface area contributed by atoms with Crippen LogP contribution in [-0.2, 0) is 16.6 Å². The largest absolute Gasteiger partial charge is 0.324 e. The van der Waals surface area contributed by atoms with Gasteiger partial charge in [-0.25, -0.2) is 27.3 Å². The van der Waals surface area contributed by atoms with E-state index in [0.29, 0.717) is 23.5 Å². The van der Waals surface area contributed by atoms with E-state index in [1.54, 1.807) is 12.1 Å². The van der Waals surface area contributed by atoms with Crippen LogP contribution in [0.2, 0.25) is 0 Å². The molecule has 1 aromatic heterocycles. The summed E-state index contributed by atoms with van der Waals surface area (Å²) >= 11 is 0. The lowest BCUT2D eigenvalue weighted by atomic mass is 10.2. The molecule has 0 aliphatic heterocycles. The predicted octanol–water partition coefficient (Wildman–Crippen LogP) is 3.14. The van der Waals surface area contributed by atoms with Crippen LogP contribution in [0.3, 0.4) is 0 Å². The fourth-order valence-corrected chi connectivity index (χ4v) is 3.20. The Kier molecular flexibility index (Phi) is 4.64. The van der Waals surface area contributed by atoms with Crippen molar-refractivity contribution in [3.63, 3.8) is 0 Å². The normalized spacial score (nSPS) is 11.7. The standard InChI is InChI=1S/C18H17F2N3O2S/c1-11-12(2)23(10-13-3-8-16(19)17(20)9-13)18(22-11)14-4-6-15(7-5-14)26(21,24)25/h3-9H,10H2,1-2H3,(H2,21,24,25). The van der Waals surface area contributed by atoms with Gasteiger partial charge in [0.25, 0.3) is 0 Å². The number of imidazole rings is 1. The van der Waals surface area contributed by atoms with Crippen LogP contribution < -0.4 is 5.14 Å². The monoisotopic (exact) mass is 377 g/mol. The molecule has 26 heavy (non-hydrogen) atoms. The molecule has 0 aliphatic rings. The molecule has 0 fully saturated rings. The predicted molar refractivity (Wildman–Crippen MR) is 94.0 cm³/mol. The van der Waals surface area contributed by atoms with Gasteiger partial charge in [-0.2, -0.15) is 0 Å². The van der Waals surface area contributed by atoms with Gasteiger partial charge in [-0.15, -0.1) is 0 Å². The van der Waals surface area contributed by atoms with Gasteiger partial charge in [0, 0.05) is 17.8 Å². The molecule has 0 unspecified atom stereocenters. The molecular weight excluding hydrogens is 360 g/mol. The maximum atomic E-state index is 13.5. The van der Waals surface area contributed by atoms with E-state index < -0.39 is 21.7 Å². The molecule has 0 saturated heterocycles. The zero-order valence-electron chi connectivity index (χ0n) is 14.2. The fourth-order valence-electron chi connectivity index (χ4n) is 2.68. The minimum atomic E-state index is -3.78. The Bertz CT molecular complexity index is 1070. The van der Waals surface area contributed by atoms with Gasteiger partial charge in [-0.05, 0) is 55.8 Å². The minimum absolute atomic E-state index is 0.00778. The zero-order valence-corrected chi connectivity index (χ0v) is 15.0. The van der Waals surface area contributed by atoms with Crippen LogP contribution in [0.15, 0.2) is 47.4 Å². The van der Waals surface area contributed by atoms with Crippen molar-refractivity contribution in [2.24, 2.45) is 5.14 Å². The van der Waals surface area contributed by atoms with Gasteiger partial charge in [0.2, 0.25) is 10.0 Å². The summed E-state index contributed by atoms with van der Waals surface area (Å²) in [6.07, 6.45) is 0. The van der Waals surface area contributed by atoms with E-state index in [1.807, 2.05) is 18.4 Å². The fraction of sp³-hybridized carbons (Fsp3) is 0.167. The van der Waals surface area contributed by atoms with Crippen molar-refractivity contribution in [3.05, 3.63) is 71.1 Å². The molecule has 0 saturated carbocycles. The topological polar surface area (TPSA) is 78.0 Å². The number of halogens is 2. The second-order valence-electron chi connectivity index (χ2n) is 6.01. The van der Waals surface area contributed by atoms with Gasteiger partial charge >= 0.3 is 0 Å². The molecule has 0 spiro atoms. The third kappa shape index (κ3) is 3.51. The van der Waals surface area contributed by atoms with Crippen LogP contribution in [0, 0.1) is 25.5 Å². The molecule has 3 rings (SSSR count). The number of aromatic nitrogens is 2. The molecule has 0 radical (unpaired) electrons. The van der Waals surface area contributed by atoms with Crippen LogP contribution in [0.1, 0.15) is 17.0 Å². The lowest BCUT2D eigenvalue weighted by molar-refractivity contribution is 0.506. The van der Waals surface area contributed by atoms with Crippen LogP contribution >= 0.6 is 0 Å². The van der Waals surface area contributed by atoms with E-state index in [1.165, 1.54) is 18.2 Å². The maximum Gasteiger partial charge on any atom is 0.238 e. The first-order valence-electron chi connectivity index (χ1n) is 7.77. The van der Waals surface area contributed by atoms with E-state index in [2.05, 4.69) is 4.98 Å². The average molecular weight is 377 g/mol. The quantitative estimate of drug-likeness (QED) is 0.759. The van der Waals surface area contributed by atoms with Gasteiger partial charge in [0.15, 0.2) is 11.6 Å². The van der Waals surface area contributed by atoms with Crippen molar-refractivity contribution in [1.29, 1.82) is 0 Å². The molecule has 2 N–H and O–H groups in total. The highest BCUT2D eigenvalue weighted by Gasteiger charge is 2.15. The number of benzene rings is 2. The van der Waals surface area contributed by atoms with E-state index in [4.69, 9.17) is 5.14 Å². The Labute approximate surface area is 150 Å². The molecule has 0 atom stereocenters. The molecule has 1 heterocycles. The lowest BCUT2D eigenvalue weighted by Crippen LogP contribution is -2.12. The molecule has 2 aromatic carbocycles. The van der Waals surface area contributed by atoms with Crippen molar-refractivity contribution >= 4 is 10.0 Å². The van der Waals surface area contributed by atoms with E-state index in [0.717, 1.165) is 23.5 Å². The number of primary sulfonamides is 1. The molecular formula is C18H17F2N3O2S. The third-order valence-corrected chi connectivity index (χ3v) is 5.15. The first-order chi connectivity index (χ1) is 12.2. The Morgan fingerprint density at radius 1 is 1.04 bits per heavy atom. The van der Waals surface area contributed by atoms with Crippen LogP contribution in [0.5, 0.6) is 0 Å². The summed E-state index contributed by atoms with van der Waals surface area (Å²) in [5, 5.41) is 5.12. The molecule has 0 aliphatic carbocycles. The zero-order chi connectivity index (χ0) is 19.1. The van der Waals surface area contributed by atoms with Crippen LogP contribution in [0.25, 0.3) is 11.4 Å². The van der Waals surface area contributed by atoms with Gasteiger partial charge in [-0.1, -0.05) is 6.07 Å². The summed E-state index contributed by atoms with van der Waals surface area (Å²) < 4.78 is 51.3. The van der Waals surface area contributed by atoms with Gasteiger partial charge in [0.05, 0.1) is 10.6 Å². The number of sulfonamides is 1. The summed E-state index contributed by atoms with van der Waals surface area (Å²) in [7, 11) is -3.78. The SMILES string of the molecule is Cc1nc(-c2ccc(S(N)(=O)=O)cc2)n(Cc2ccc(F)c(F)c2)c1C. The Morgan fingerprint density at radius 2 is 1.69 bits per heavy atom. The highest BCUT2D eigenvalue weighted by molar-refractivity contribution is 7.89. The van der Waals surface area contributed by atoms with Crippen molar-refractivity contribution in [3.8, 4) is 11.4 Å². The first kappa shape index (κ1) is 18.2. The Balaban J connectivity index is 2.03. The van der Waals surface area contributed by atoms with Crippen molar-refractivity contribution < 1.29 is 17.2 Å². The number of rotatable bonds is 4.